The van der Waals surface area contributed by atoms with Crippen LogP contribution >= 0.6 is 0 Å². The highest BCUT2D eigenvalue weighted by Crippen LogP contribution is 2.22. The maximum absolute atomic E-state index is 12.8. The Morgan fingerprint density at radius 1 is 1.05 bits per heavy atom. The molecular weight excluding hydrogens is 269 g/mol. The average Bonchev–Trinajstić information content (AvgIpc) is 2.44. The van der Waals surface area contributed by atoms with E-state index in [0.29, 0.717) is 11.4 Å². The third kappa shape index (κ3) is 4.05. The molecule has 0 radical (unpaired) electrons. The first-order chi connectivity index (χ1) is 9.95. The van der Waals surface area contributed by atoms with Gasteiger partial charge in [-0.15, -0.1) is 0 Å². The van der Waals surface area contributed by atoms with Crippen molar-refractivity contribution in [3.8, 4) is 5.75 Å². The summed E-state index contributed by atoms with van der Waals surface area (Å²) in [6.45, 7) is 5.90. The number of benzene rings is 2. The fourth-order valence-corrected chi connectivity index (χ4v) is 1.96. The Kier molecular flexibility index (Phi) is 4.58. The molecule has 2 aromatic rings. The van der Waals surface area contributed by atoms with Crippen LogP contribution in [0.2, 0.25) is 0 Å². The van der Waals surface area contributed by atoms with Gasteiger partial charge in [-0.05, 0) is 67.8 Å². The first-order valence-electron chi connectivity index (χ1n) is 6.72. The Labute approximate surface area is 123 Å². The van der Waals surface area contributed by atoms with Crippen molar-refractivity contribution in [3.05, 3.63) is 58.9 Å². The normalized spacial score (nSPS) is 10.3. The molecule has 0 spiro atoms. The molecule has 0 aliphatic rings. The van der Waals surface area contributed by atoms with Crippen LogP contribution in [-0.4, -0.2) is 12.5 Å². The third-order valence-electron chi connectivity index (χ3n) is 3.28. The summed E-state index contributed by atoms with van der Waals surface area (Å²) in [6.07, 6.45) is 0. The molecule has 0 saturated carbocycles. The molecule has 1 amide bonds. The second-order valence-electron chi connectivity index (χ2n) is 5.05. The molecule has 1 N–H and O–H groups in total. The van der Waals surface area contributed by atoms with Crippen LogP contribution in [0.25, 0.3) is 0 Å². The number of amides is 1. The van der Waals surface area contributed by atoms with Crippen LogP contribution in [0.1, 0.15) is 16.7 Å². The van der Waals surface area contributed by atoms with Crippen LogP contribution < -0.4 is 10.1 Å². The first kappa shape index (κ1) is 15.0. The number of hydrogen-bond acceptors (Lipinski definition) is 2. The van der Waals surface area contributed by atoms with Crippen LogP contribution in [0, 0.1) is 26.6 Å². The van der Waals surface area contributed by atoms with Gasteiger partial charge in [-0.1, -0.05) is 6.07 Å². The van der Waals surface area contributed by atoms with Crippen molar-refractivity contribution in [2.75, 3.05) is 11.9 Å². The van der Waals surface area contributed by atoms with Crippen molar-refractivity contribution in [1.29, 1.82) is 0 Å². The maximum atomic E-state index is 12.8. The number of anilines is 1. The van der Waals surface area contributed by atoms with Gasteiger partial charge in [0.15, 0.2) is 6.61 Å². The van der Waals surface area contributed by atoms with Gasteiger partial charge >= 0.3 is 0 Å². The lowest BCUT2D eigenvalue weighted by atomic mass is 10.1. The summed E-state index contributed by atoms with van der Waals surface area (Å²) < 4.78 is 18.3. The second kappa shape index (κ2) is 6.39. The highest BCUT2D eigenvalue weighted by Gasteiger charge is 2.07. The zero-order chi connectivity index (χ0) is 15.4. The summed E-state index contributed by atoms with van der Waals surface area (Å²) in [6, 6.07) is 9.56. The molecule has 0 bridgehead atoms. The smallest absolute Gasteiger partial charge is 0.262 e. The van der Waals surface area contributed by atoms with E-state index < -0.39 is 0 Å². The fourth-order valence-electron chi connectivity index (χ4n) is 1.96. The lowest BCUT2D eigenvalue weighted by molar-refractivity contribution is -0.118. The number of rotatable bonds is 4. The molecular formula is C17H18FNO2. The highest BCUT2D eigenvalue weighted by molar-refractivity contribution is 5.91. The van der Waals surface area contributed by atoms with E-state index in [1.165, 1.54) is 29.8 Å². The molecule has 0 heterocycles. The van der Waals surface area contributed by atoms with Crippen molar-refractivity contribution in [2.45, 2.75) is 20.8 Å². The summed E-state index contributed by atoms with van der Waals surface area (Å²) in [5, 5.41) is 2.65. The lowest BCUT2D eigenvalue weighted by Gasteiger charge is -2.12. The summed E-state index contributed by atoms with van der Waals surface area (Å²) in [5.41, 5.74) is 3.85. The molecule has 0 unspecified atom stereocenters. The quantitative estimate of drug-likeness (QED) is 0.929. The summed E-state index contributed by atoms with van der Waals surface area (Å²) in [7, 11) is 0. The van der Waals surface area contributed by atoms with Crippen LogP contribution in [-0.2, 0) is 4.79 Å². The number of aryl methyl sites for hydroxylation is 3. The maximum Gasteiger partial charge on any atom is 0.262 e. The number of carbonyl (C=O) groups is 1. The molecule has 0 aromatic heterocycles. The SMILES string of the molecule is Cc1cc(C)c(OCC(=O)Nc2ccc(F)cc2)cc1C. The minimum atomic E-state index is -0.338. The van der Waals surface area contributed by atoms with Crippen molar-refractivity contribution >= 4 is 11.6 Å². The molecule has 4 heteroatoms. The predicted molar refractivity (Wildman–Crippen MR) is 81.2 cm³/mol. The van der Waals surface area contributed by atoms with E-state index >= 15 is 0 Å². The highest BCUT2D eigenvalue weighted by atomic mass is 19.1. The zero-order valence-corrected chi connectivity index (χ0v) is 12.4. The van der Waals surface area contributed by atoms with E-state index in [0.717, 1.165) is 11.1 Å². The molecule has 3 nitrogen and oxygen atoms in total. The van der Waals surface area contributed by atoms with Gasteiger partial charge < -0.3 is 10.1 Å². The minimum Gasteiger partial charge on any atom is -0.483 e. The first-order valence-corrected chi connectivity index (χ1v) is 6.72. The van der Waals surface area contributed by atoms with E-state index in [9.17, 15) is 9.18 Å². The number of hydrogen-bond donors (Lipinski definition) is 1. The van der Waals surface area contributed by atoms with Crippen LogP contribution in [0.5, 0.6) is 5.75 Å². The van der Waals surface area contributed by atoms with E-state index in [4.69, 9.17) is 4.74 Å². The zero-order valence-electron chi connectivity index (χ0n) is 12.4. The van der Waals surface area contributed by atoms with Gasteiger partial charge in [0.05, 0.1) is 0 Å². The topological polar surface area (TPSA) is 38.3 Å². The second-order valence-corrected chi connectivity index (χ2v) is 5.05. The number of carbonyl (C=O) groups excluding carboxylic acids is 1. The van der Waals surface area contributed by atoms with Gasteiger partial charge in [0.1, 0.15) is 11.6 Å². The van der Waals surface area contributed by atoms with E-state index in [1.54, 1.807) is 0 Å². The van der Waals surface area contributed by atoms with Gasteiger partial charge in [-0.3, -0.25) is 4.79 Å². The summed E-state index contributed by atoms with van der Waals surface area (Å²) >= 11 is 0. The Morgan fingerprint density at radius 2 is 1.67 bits per heavy atom. The summed E-state index contributed by atoms with van der Waals surface area (Å²) in [4.78, 5) is 11.8. The van der Waals surface area contributed by atoms with E-state index in [2.05, 4.69) is 5.32 Å². The van der Waals surface area contributed by atoms with Crippen molar-refractivity contribution < 1.29 is 13.9 Å². The Bertz CT molecular complexity index is 651. The van der Waals surface area contributed by atoms with Crippen LogP contribution in [0.3, 0.4) is 0 Å². The fraction of sp³-hybridized carbons (Fsp3) is 0.235. The van der Waals surface area contributed by atoms with Crippen molar-refractivity contribution in [2.24, 2.45) is 0 Å². The molecule has 0 atom stereocenters. The van der Waals surface area contributed by atoms with Gasteiger partial charge in [0.25, 0.3) is 5.91 Å². The molecule has 0 aliphatic carbocycles. The Balaban J connectivity index is 1.95. The van der Waals surface area contributed by atoms with Gasteiger partial charge in [0, 0.05) is 5.69 Å². The van der Waals surface area contributed by atoms with E-state index in [1.807, 2.05) is 32.9 Å². The Hall–Kier alpha value is -2.36. The average molecular weight is 287 g/mol. The molecule has 0 saturated heterocycles. The number of halogens is 1. The van der Waals surface area contributed by atoms with Gasteiger partial charge in [0.2, 0.25) is 0 Å². The molecule has 110 valence electrons. The number of nitrogens with one attached hydrogen (secondary N) is 1. The van der Waals surface area contributed by atoms with E-state index in [-0.39, 0.29) is 18.3 Å². The molecule has 0 aliphatic heterocycles. The standard InChI is InChI=1S/C17H18FNO2/c1-11-8-13(3)16(9-12(11)2)21-10-17(20)19-15-6-4-14(18)5-7-15/h4-9H,10H2,1-3H3,(H,19,20). The third-order valence-corrected chi connectivity index (χ3v) is 3.28. The monoisotopic (exact) mass is 287 g/mol. The summed E-state index contributed by atoms with van der Waals surface area (Å²) in [5.74, 6) is 0.0848. The van der Waals surface area contributed by atoms with Crippen molar-refractivity contribution in [1.82, 2.24) is 0 Å². The Morgan fingerprint density at radius 3 is 2.33 bits per heavy atom. The van der Waals surface area contributed by atoms with Crippen LogP contribution in [0.15, 0.2) is 36.4 Å². The largest absolute Gasteiger partial charge is 0.483 e. The number of ether oxygens (including phenoxy) is 1. The molecule has 2 aromatic carbocycles. The minimum absolute atomic E-state index is 0.0826. The predicted octanol–water partition coefficient (Wildman–Crippen LogP) is 3.77. The molecule has 21 heavy (non-hydrogen) atoms. The van der Waals surface area contributed by atoms with Gasteiger partial charge in [-0.25, -0.2) is 4.39 Å². The molecule has 0 fully saturated rings. The van der Waals surface area contributed by atoms with Crippen LogP contribution in [0.4, 0.5) is 10.1 Å². The van der Waals surface area contributed by atoms with Gasteiger partial charge in [-0.2, -0.15) is 0 Å². The molecule has 2 rings (SSSR count). The van der Waals surface area contributed by atoms with Crippen molar-refractivity contribution in [3.63, 3.8) is 0 Å². The lowest BCUT2D eigenvalue weighted by Crippen LogP contribution is -2.20.